The highest BCUT2D eigenvalue weighted by atomic mass is 16.7. The Bertz CT molecular complexity index is 463. The van der Waals surface area contributed by atoms with E-state index in [1.807, 2.05) is 0 Å². The summed E-state index contributed by atoms with van der Waals surface area (Å²) >= 11 is 0. The second-order valence-electron chi connectivity index (χ2n) is 8.66. The monoisotopic (exact) mass is 282 g/mol. The molecule has 0 amide bonds. The van der Waals surface area contributed by atoms with Gasteiger partial charge < -0.3 is 19.7 Å². The zero-order chi connectivity index (χ0) is 14.6. The first-order valence-electron chi connectivity index (χ1n) is 7.77. The van der Waals surface area contributed by atoms with Gasteiger partial charge in [-0.3, -0.25) is 0 Å². The van der Waals surface area contributed by atoms with Crippen LogP contribution in [0.4, 0.5) is 0 Å². The van der Waals surface area contributed by atoms with E-state index >= 15 is 0 Å². The van der Waals surface area contributed by atoms with Crippen molar-refractivity contribution in [2.24, 2.45) is 28.1 Å². The molecule has 1 spiro atoms. The molecule has 0 unspecified atom stereocenters. The van der Waals surface area contributed by atoms with Crippen LogP contribution in [-0.2, 0) is 9.47 Å². The largest absolute Gasteiger partial charge is 0.390 e. The fourth-order valence-electron chi connectivity index (χ4n) is 6.29. The van der Waals surface area contributed by atoms with Gasteiger partial charge in [0, 0.05) is 7.11 Å². The van der Waals surface area contributed by atoms with Crippen molar-refractivity contribution in [3.8, 4) is 0 Å². The van der Waals surface area contributed by atoms with E-state index in [0.717, 1.165) is 19.3 Å². The number of hydrogen-bond acceptors (Lipinski definition) is 4. The van der Waals surface area contributed by atoms with E-state index < -0.39 is 17.1 Å². The molecule has 0 aromatic rings. The van der Waals surface area contributed by atoms with E-state index in [1.54, 1.807) is 7.11 Å². The van der Waals surface area contributed by atoms with Crippen molar-refractivity contribution in [1.29, 1.82) is 0 Å². The number of rotatable bonds is 1. The molecule has 20 heavy (non-hydrogen) atoms. The van der Waals surface area contributed by atoms with Crippen LogP contribution in [0.15, 0.2) is 0 Å². The van der Waals surface area contributed by atoms with Crippen LogP contribution in [-0.4, -0.2) is 41.9 Å². The summed E-state index contributed by atoms with van der Waals surface area (Å²) in [5.41, 5.74) is -1.25. The molecule has 4 heteroatoms. The van der Waals surface area contributed by atoms with Gasteiger partial charge in [0.25, 0.3) is 0 Å². The molecule has 7 atom stereocenters. The Labute approximate surface area is 120 Å². The predicted octanol–water partition coefficient (Wildman–Crippen LogP) is 1.54. The van der Waals surface area contributed by atoms with Crippen LogP contribution >= 0.6 is 0 Å². The molecular formula is C16H26O4. The van der Waals surface area contributed by atoms with Gasteiger partial charge >= 0.3 is 0 Å². The fraction of sp³-hybridized carbons (Fsp3) is 1.00. The van der Waals surface area contributed by atoms with Crippen LogP contribution in [0.25, 0.3) is 0 Å². The first-order chi connectivity index (χ1) is 9.22. The second kappa shape index (κ2) is 3.43. The third-order valence-corrected chi connectivity index (χ3v) is 7.17. The minimum absolute atomic E-state index is 0.0383. The van der Waals surface area contributed by atoms with Crippen molar-refractivity contribution in [2.45, 2.75) is 58.0 Å². The summed E-state index contributed by atoms with van der Waals surface area (Å²) in [6, 6.07) is 0. The first-order valence-corrected chi connectivity index (χ1v) is 7.77. The molecular weight excluding hydrogens is 256 g/mol. The summed E-state index contributed by atoms with van der Waals surface area (Å²) in [5, 5.41) is 22.1. The Balaban J connectivity index is 1.81. The van der Waals surface area contributed by atoms with Crippen molar-refractivity contribution in [3.05, 3.63) is 0 Å². The third kappa shape index (κ3) is 1.17. The predicted molar refractivity (Wildman–Crippen MR) is 72.9 cm³/mol. The highest BCUT2D eigenvalue weighted by molar-refractivity contribution is 5.33. The third-order valence-electron chi connectivity index (χ3n) is 7.17. The maximum Gasteiger partial charge on any atom is 0.166 e. The zero-order valence-electron chi connectivity index (χ0n) is 12.8. The molecule has 3 saturated carbocycles. The summed E-state index contributed by atoms with van der Waals surface area (Å²) in [7, 11) is 1.64. The number of aliphatic hydroxyl groups is 2. The highest BCUT2D eigenvalue weighted by Crippen LogP contribution is 2.83. The molecule has 4 fully saturated rings. The first kappa shape index (κ1) is 13.5. The fourth-order valence-corrected chi connectivity index (χ4v) is 6.29. The lowest BCUT2D eigenvalue weighted by Crippen LogP contribution is -2.61. The number of aliphatic hydroxyl groups excluding tert-OH is 1. The molecule has 0 radical (unpaired) electrons. The average Bonchev–Trinajstić information content (AvgIpc) is 2.72. The van der Waals surface area contributed by atoms with Crippen molar-refractivity contribution < 1.29 is 19.7 Å². The molecule has 4 nitrogen and oxygen atoms in total. The number of fused-ring (bicyclic) bond motifs is 2. The van der Waals surface area contributed by atoms with Crippen LogP contribution < -0.4 is 0 Å². The Hall–Kier alpha value is -0.160. The molecule has 0 bridgehead atoms. The Morgan fingerprint density at radius 3 is 2.55 bits per heavy atom. The van der Waals surface area contributed by atoms with E-state index in [9.17, 15) is 10.2 Å². The Morgan fingerprint density at radius 2 is 1.90 bits per heavy atom. The molecule has 0 aromatic heterocycles. The Morgan fingerprint density at radius 1 is 1.20 bits per heavy atom. The van der Waals surface area contributed by atoms with Gasteiger partial charge in [0.05, 0.1) is 18.1 Å². The standard InChI is InChI=1S/C16H26O4/c1-13(2)5-9-10(6-13)14(3)7-15(14)12(19-4)20-8-16(15,18)11(9)17/h9-12,17-18H,5-8H2,1-4H3/t9-,10+,11+,12-,14-,15+,16+/m1/s1. The average molecular weight is 282 g/mol. The number of ether oxygens (including phenoxy) is 2. The molecule has 1 heterocycles. The van der Waals surface area contributed by atoms with Gasteiger partial charge in [-0.25, -0.2) is 0 Å². The molecule has 1 aliphatic heterocycles. The molecule has 0 aromatic carbocycles. The smallest absolute Gasteiger partial charge is 0.166 e. The lowest BCUT2D eigenvalue weighted by atomic mass is 9.60. The minimum atomic E-state index is -1.13. The van der Waals surface area contributed by atoms with Crippen LogP contribution in [0.3, 0.4) is 0 Å². The highest BCUT2D eigenvalue weighted by Gasteiger charge is 2.88. The topological polar surface area (TPSA) is 58.9 Å². The van der Waals surface area contributed by atoms with Gasteiger partial charge in [0.1, 0.15) is 5.60 Å². The molecule has 4 aliphatic rings. The maximum absolute atomic E-state index is 11.2. The zero-order valence-corrected chi connectivity index (χ0v) is 12.8. The molecule has 2 N–H and O–H groups in total. The van der Waals surface area contributed by atoms with E-state index in [0.29, 0.717) is 5.92 Å². The number of methoxy groups -OCH3 is 1. The molecule has 3 aliphatic carbocycles. The lowest BCUT2D eigenvalue weighted by Gasteiger charge is -2.48. The van der Waals surface area contributed by atoms with Gasteiger partial charge in [0.15, 0.2) is 6.29 Å². The molecule has 114 valence electrons. The summed E-state index contributed by atoms with van der Waals surface area (Å²) in [5.74, 6) is 0.655. The summed E-state index contributed by atoms with van der Waals surface area (Å²) < 4.78 is 11.2. The van der Waals surface area contributed by atoms with Gasteiger partial charge in [-0.05, 0) is 41.9 Å². The summed E-state index contributed by atoms with van der Waals surface area (Å²) in [4.78, 5) is 0. The summed E-state index contributed by atoms with van der Waals surface area (Å²) in [6.07, 6.45) is 1.95. The van der Waals surface area contributed by atoms with E-state index in [-0.39, 0.29) is 29.6 Å². The number of hydrogen-bond donors (Lipinski definition) is 2. The quantitative estimate of drug-likeness (QED) is 0.766. The van der Waals surface area contributed by atoms with Gasteiger partial charge in [-0.15, -0.1) is 0 Å². The lowest BCUT2D eigenvalue weighted by molar-refractivity contribution is -0.193. The molecule has 4 rings (SSSR count). The van der Waals surface area contributed by atoms with Crippen molar-refractivity contribution in [3.63, 3.8) is 0 Å². The van der Waals surface area contributed by atoms with Gasteiger partial charge in [-0.1, -0.05) is 20.8 Å². The summed E-state index contributed by atoms with van der Waals surface area (Å²) in [6.45, 7) is 7.02. The van der Waals surface area contributed by atoms with E-state index in [4.69, 9.17) is 9.47 Å². The maximum atomic E-state index is 11.2. The van der Waals surface area contributed by atoms with Gasteiger partial charge in [0.2, 0.25) is 0 Å². The van der Waals surface area contributed by atoms with Crippen LogP contribution in [0.2, 0.25) is 0 Å². The van der Waals surface area contributed by atoms with Crippen molar-refractivity contribution in [1.82, 2.24) is 0 Å². The van der Waals surface area contributed by atoms with Crippen molar-refractivity contribution in [2.75, 3.05) is 13.7 Å². The minimum Gasteiger partial charge on any atom is -0.390 e. The molecule has 1 saturated heterocycles. The normalized spacial score (nSPS) is 62.7. The van der Waals surface area contributed by atoms with E-state index in [1.165, 1.54) is 0 Å². The van der Waals surface area contributed by atoms with Gasteiger partial charge in [-0.2, -0.15) is 0 Å². The SMILES string of the molecule is CO[C@@H]1OC[C@]2(O)[C@@H](O)[C@@H]3CC(C)(C)C[C@@H]3[C@@]3(C)C[C@]132. The van der Waals surface area contributed by atoms with Crippen LogP contribution in [0, 0.1) is 28.1 Å². The second-order valence-corrected chi connectivity index (χ2v) is 8.66. The van der Waals surface area contributed by atoms with Crippen LogP contribution in [0.1, 0.15) is 40.0 Å². The van der Waals surface area contributed by atoms with Crippen molar-refractivity contribution >= 4 is 0 Å². The van der Waals surface area contributed by atoms with E-state index in [2.05, 4.69) is 20.8 Å². The Kier molecular flexibility index (Phi) is 2.31. The van der Waals surface area contributed by atoms with Crippen LogP contribution in [0.5, 0.6) is 0 Å².